The molecule has 1 heterocycles. The van der Waals surface area contributed by atoms with E-state index in [2.05, 4.69) is 23.4 Å². The van der Waals surface area contributed by atoms with Crippen molar-refractivity contribution < 1.29 is 14.3 Å². The molecule has 1 unspecified atom stereocenters. The van der Waals surface area contributed by atoms with Gasteiger partial charge in [-0.2, -0.15) is 0 Å². The van der Waals surface area contributed by atoms with Gasteiger partial charge in [0.15, 0.2) is 0 Å². The normalized spacial score (nSPS) is 34.7. The van der Waals surface area contributed by atoms with E-state index in [1.165, 1.54) is 12.0 Å². The van der Waals surface area contributed by atoms with Gasteiger partial charge in [-0.15, -0.1) is 0 Å². The minimum Gasteiger partial charge on any atom is -0.476 e. The molecule has 2 saturated carbocycles. The highest BCUT2D eigenvalue weighted by molar-refractivity contribution is 6.41. The Morgan fingerprint density at radius 1 is 1.20 bits per heavy atom. The van der Waals surface area contributed by atoms with Gasteiger partial charge in [0.1, 0.15) is 27.3 Å². The smallest absolute Gasteiger partial charge is 0.281 e. The molecule has 1 aliphatic heterocycles. The Morgan fingerprint density at radius 2 is 1.97 bits per heavy atom. The largest absolute Gasteiger partial charge is 0.476 e. The summed E-state index contributed by atoms with van der Waals surface area (Å²) in [6, 6.07) is 6.30. The molecule has 2 spiro atoms. The van der Waals surface area contributed by atoms with Gasteiger partial charge >= 0.3 is 0 Å². The highest BCUT2D eigenvalue weighted by Crippen LogP contribution is 2.64. The zero-order valence-electron chi connectivity index (χ0n) is 17.5. The molecular formula is C22H27B2N3O3. The van der Waals surface area contributed by atoms with Crippen LogP contribution >= 0.6 is 0 Å². The minimum absolute atomic E-state index is 0.0495. The Morgan fingerprint density at radius 3 is 2.57 bits per heavy atom. The first-order chi connectivity index (χ1) is 14.4. The fraction of sp³-hybridized carbons (Fsp3) is 0.636. The van der Waals surface area contributed by atoms with E-state index in [9.17, 15) is 0 Å². The summed E-state index contributed by atoms with van der Waals surface area (Å²) >= 11 is 0. The van der Waals surface area contributed by atoms with Crippen molar-refractivity contribution in [1.29, 1.82) is 0 Å². The maximum absolute atomic E-state index is 6.58. The number of fused-ring (bicyclic) bond motifs is 3. The summed E-state index contributed by atoms with van der Waals surface area (Å²) in [5, 5.41) is 2.67. The van der Waals surface area contributed by atoms with Crippen LogP contribution in [0.15, 0.2) is 28.3 Å². The van der Waals surface area contributed by atoms with Crippen molar-refractivity contribution in [3.05, 3.63) is 34.9 Å². The van der Waals surface area contributed by atoms with Gasteiger partial charge in [-0.25, -0.2) is 4.99 Å². The molecule has 0 bridgehead atoms. The molecule has 30 heavy (non-hydrogen) atoms. The number of nitrogens with zero attached hydrogens (tertiary/aromatic N) is 2. The van der Waals surface area contributed by atoms with Crippen LogP contribution in [0.1, 0.15) is 61.6 Å². The van der Waals surface area contributed by atoms with E-state index in [0.29, 0.717) is 0 Å². The van der Waals surface area contributed by atoms with Crippen molar-refractivity contribution in [1.82, 2.24) is 0 Å². The topological polar surface area (TPSA) is 78.4 Å². The molecular weight excluding hydrogens is 376 g/mol. The van der Waals surface area contributed by atoms with Gasteiger partial charge in [-0.05, 0) is 74.1 Å². The van der Waals surface area contributed by atoms with Crippen LogP contribution in [0.3, 0.4) is 0 Å². The monoisotopic (exact) mass is 403 g/mol. The van der Waals surface area contributed by atoms with E-state index in [0.717, 1.165) is 56.1 Å². The van der Waals surface area contributed by atoms with E-state index >= 15 is 0 Å². The first kappa shape index (κ1) is 20.0. The first-order valence-corrected chi connectivity index (χ1v) is 10.9. The van der Waals surface area contributed by atoms with Gasteiger partial charge in [0.05, 0.1) is 17.7 Å². The van der Waals surface area contributed by atoms with Crippen LogP contribution in [0.2, 0.25) is 0 Å². The van der Waals surface area contributed by atoms with Crippen LogP contribution in [0.4, 0.5) is 0 Å². The summed E-state index contributed by atoms with van der Waals surface area (Å²) in [5.74, 6) is 0. The second-order valence-corrected chi connectivity index (χ2v) is 9.26. The third-order valence-electron chi connectivity index (χ3n) is 7.62. The quantitative estimate of drug-likeness (QED) is 0.476. The maximum atomic E-state index is 6.58. The number of amidine groups is 1. The van der Waals surface area contributed by atoms with Gasteiger partial charge in [0, 0.05) is 12.5 Å². The Labute approximate surface area is 180 Å². The van der Waals surface area contributed by atoms with Gasteiger partial charge in [0.25, 0.3) is 6.02 Å². The fourth-order valence-electron chi connectivity index (χ4n) is 5.84. The van der Waals surface area contributed by atoms with Crippen molar-refractivity contribution in [2.45, 2.75) is 74.5 Å². The molecule has 1 aromatic carbocycles. The van der Waals surface area contributed by atoms with Gasteiger partial charge in [-0.3, -0.25) is 0 Å². The van der Waals surface area contributed by atoms with Gasteiger partial charge < -0.3 is 20.0 Å². The van der Waals surface area contributed by atoms with E-state index < -0.39 is 10.9 Å². The summed E-state index contributed by atoms with van der Waals surface area (Å²) < 4.78 is 11.3. The molecule has 0 amide bonds. The lowest BCUT2D eigenvalue weighted by molar-refractivity contribution is -0.0256. The van der Waals surface area contributed by atoms with E-state index in [1.807, 2.05) is 0 Å². The number of nitrogens with two attached hydrogens (primary N) is 1. The molecule has 2 N–H and O–H groups in total. The molecule has 0 saturated heterocycles. The molecule has 4 aliphatic rings. The van der Waals surface area contributed by atoms with Crippen LogP contribution in [0.5, 0.6) is 0 Å². The summed E-state index contributed by atoms with van der Waals surface area (Å²) in [6.07, 6.45) is 10.1. The number of ether oxygens (including phenoxy) is 2. The van der Waals surface area contributed by atoms with Crippen LogP contribution in [-0.2, 0) is 26.3 Å². The molecule has 6 nitrogen and oxygen atoms in total. The van der Waals surface area contributed by atoms with Crippen LogP contribution < -0.4 is 5.73 Å². The van der Waals surface area contributed by atoms with E-state index in [-0.39, 0.29) is 23.6 Å². The zero-order chi connectivity index (χ0) is 21.0. The molecule has 154 valence electrons. The minimum atomic E-state index is -1.51. The molecule has 2 fully saturated rings. The summed E-state index contributed by atoms with van der Waals surface area (Å²) in [7, 11) is 14.9. The Hall–Kier alpha value is -1.95. The summed E-state index contributed by atoms with van der Waals surface area (Å²) in [5.41, 5.74) is 7.94. The molecule has 4 radical (unpaired) electrons. The molecule has 3 aliphatic carbocycles. The average molecular weight is 403 g/mol. The standard InChI is InChI=1S/C22H27B2N3O3/c1-28-16-7-9-20(10-8-16)12-15-6-5-14(13-26-30-17-3-2-4-17)11-18(15)21(20)22(23,24)29-19(25)27-21/h5-6,11,13,16-17H,2-4,7-10,12H2,1H3,(H2,25,27)/b26-13+. The second kappa shape index (κ2) is 7.04. The zero-order valence-corrected chi connectivity index (χ0v) is 17.5. The predicted molar refractivity (Wildman–Crippen MR) is 117 cm³/mol. The number of methoxy groups -OCH3 is 1. The number of rotatable bonds is 4. The molecule has 8 heteroatoms. The van der Waals surface area contributed by atoms with Crippen LogP contribution in [0, 0.1) is 5.41 Å². The molecule has 1 aromatic rings. The lowest BCUT2D eigenvalue weighted by Gasteiger charge is -2.52. The number of benzene rings is 1. The third-order valence-corrected chi connectivity index (χ3v) is 7.62. The van der Waals surface area contributed by atoms with Crippen molar-refractivity contribution in [2.75, 3.05) is 7.11 Å². The maximum Gasteiger partial charge on any atom is 0.281 e. The van der Waals surface area contributed by atoms with Crippen molar-refractivity contribution in [3.8, 4) is 0 Å². The fourth-order valence-corrected chi connectivity index (χ4v) is 5.84. The Balaban J connectivity index is 1.54. The van der Waals surface area contributed by atoms with Crippen molar-refractivity contribution in [2.24, 2.45) is 21.3 Å². The lowest BCUT2D eigenvalue weighted by Crippen LogP contribution is -2.59. The number of oxime groups is 1. The lowest BCUT2D eigenvalue weighted by atomic mass is 9.45. The van der Waals surface area contributed by atoms with Crippen LogP contribution in [-0.4, -0.2) is 52.6 Å². The first-order valence-electron chi connectivity index (χ1n) is 10.9. The Bertz CT molecular complexity index is 892. The highest BCUT2D eigenvalue weighted by atomic mass is 16.6. The molecule has 1 atom stereocenters. The predicted octanol–water partition coefficient (Wildman–Crippen LogP) is 2.25. The van der Waals surface area contributed by atoms with Crippen LogP contribution in [0.25, 0.3) is 0 Å². The molecule has 5 rings (SSSR count). The number of hydrogen-bond donors (Lipinski definition) is 1. The van der Waals surface area contributed by atoms with Gasteiger partial charge in [-0.1, -0.05) is 17.3 Å². The highest BCUT2D eigenvalue weighted by Gasteiger charge is 2.67. The number of aliphatic imine (C=N–C) groups is 1. The summed E-state index contributed by atoms with van der Waals surface area (Å²) in [4.78, 5) is 10.4. The van der Waals surface area contributed by atoms with E-state index in [1.54, 1.807) is 13.3 Å². The van der Waals surface area contributed by atoms with Crippen molar-refractivity contribution in [3.63, 3.8) is 0 Å². The van der Waals surface area contributed by atoms with Crippen molar-refractivity contribution >= 4 is 27.9 Å². The second-order valence-electron chi connectivity index (χ2n) is 9.26. The average Bonchev–Trinajstić information content (AvgIpc) is 3.09. The summed E-state index contributed by atoms with van der Waals surface area (Å²) in [6.45, 7) is 0. The molecule has 0 aromatic heterocycles. The van der Waals surface area contributed by atoms with Gasteiger partial charge in [0.2, 0.25) is 0 Å². The third kappa shape index (κ3) is 2.83. The SMILES string of the molecule is [B]C1([B])OC(N)=NC12c1cc(/C=N/OC3CCC3)ccc1CC21CCC(OC)CC1. The Kier molecular flexibility index (Phi) is 4.69. The number of hydrogen-bond acceptors (Lipinski definition) is 6. The van der Waals surface area contributed by atoms with E-state index in [4.69, 9.17) is 40.7 Å².